The molecule has 1 N–H and O–H groups in total. The summed E-state index contributed by atoms with van der Waals surface area (Å²) in [5, 5.41) is 21.1. The summed E-state index contributed by atoms with van der Waals surface area (Å²) >= 11 is 0. The molecule has 0 aromatic heterocycles. The predicted octanol–water partition coefficient (Wildman–Crippen LogP) is 6.47. The van der Waals surface area contributed by atoms with Crippen LogP contribution in [0.15, 0.2) is 30.3 Å². The molecule has 8 heteroatoms. The van der Waals surface area contributed by atoms with Crippen LogP contribution in [0.25, 0.3) is 10.8 Å². The smallest absolute Gasteiger partial charge is 0.391 e. The summed E-state index contributed by atoms with van der Waals surface area (Å²) in [6, 6.07) is 12.8. The second kappa shape index (κ2) is 10.5. The van der Waals surface area contributed by atoms with Crippen molar-refractivity contribution in [3.05, 3.63) is 41.5 Å². The van der Waals surface area contributed by atoms with Gasteiger partial charge in [0.05, 0.1) is 17.9 Å². The quantitative estimate of drug-likeness (QED) is 0.458. The normalized spacial score (nSPS) is 28.2. The number of carboxylic acids is 1. The zero-order chi connectivity index (χ0) is 26.2. The minimum atomic E-state index is -4.16. The van der Waals surface area contributed by atoms with Crippen LogP contribution in [0.3, 0.4) is 0 Å². The number of rotatable bonds is 7. The maximum absolute atomic E-state index is 13.0. The number of hydrogen-bond donors (Lipinski definition) is 1. The van der Waals surface area contributed by atoms with Crippen molar-refractivity contribution in [3.8, 4) is 11.8 Å². The van der Waals surface area contributed by atoms with Gasteiger partial charge in [-0.1, -0.05) is 18.2 Å². The number of carboxylic acid groups (broad SMARTS) is 1. The molecule has 2 unspecified atom stereocenters. The Kier molecular flexibility index (Phi) is 7.35. The number of piperidine rings is 1. The maximum atomic E-state index is 13.0. The van der Waals surface area contributed by atoms with E-state index in [9.17, 15) is 28.3 Å². The molecule has 2 heterocycles. The lowest BCUT2D eigenvalue weighted by molar-refractivity contribution is -0.185. The molecule has 2 aliphatic heterocycles. The molecule has 37 heavy (non-hydrogen) atoms. The van der Waals surface area contributed by atoms with E-state index in [1.54, 1.807) is 6.07 Å². The van der Waals surface area contributed by atoms with E-state index in [0.717, 1.165) is 61.4 Å². The van der Waals surface area contributed by atoms with E-state index in [0.29, 0.717) is 36.2 Å². The largest absolute Gasteiger partial charge is 0.489 e. The zero-order valence-corrected chi connectivity index (χ0v) is 20.8. The van der Waals surface area contributed by atoms with Gasteiger partial charge in [0.15, 0.2) is 0 Å². The minimum absolute atomic E-state index is 0.0590. The Hall–Kier alpha value is -2.79. The second-order valence-corrected chi connectivity index (χ2v) is 11.0. The Labute approximate surface area is 215 Å². The average Bonchev–Trinajstić information content (AvgIpc) is 3.09. The summed E-state index contributed by atoms with van der Waals surface area (Å²) in [4.78, 5) is 13.9. The number of nitrogens with zero attached hydrogens (tertiary/aromatic N) is 2. The van der Waals surface area contributed by atoms with Crippen molar-refractivity contribution in [2.75, 3.05) is 6.54 Å². The molecule has 3 aliphatic rings. The van der Waals surface area contributed by atoms with E-state index < -0.39 is 18.1 Å². The molecule has 2 atom stereocenters. The van der Waals surface area contributed by atoms with Gasteiger partial charge in [-0.2, -0.15) is 18.4 Å². The highest BCUT2D eigenvalue weighted by Gasteiger charge is 2.43. The van der Waals surface area contributed by atoms with Gasteiger partial charge >= 0.3 is 12.1 Å². The van der Waals surface area contributed by atoms with Crippen LogP contribution in [0.5, 0.6) is 5.75 Å². The van der Waals surface area contributed by atoms with E-state index in [-0.39, 0.29) is 24.9 Å². The van der Waals surface area contributed by atoms with Gasteiger partial charge in [-0.25, -0.2) is 0 Å². The summed E-state index contributed by atoms with van der Waals surface area (Å²) in [6.07, 6.45) is 1.77. The third-order valence-electron chi connectivity index (χ3n) is 8.71. The van der Waals surface area contributed by atoms with Crippen molar-refractivity contribution >= 4 is 16.7 Å². The van der Waals surface area contributed by atoms with E-state index in [1.807, 2.05) is 18.2 Å². The van der Waals surface area contributed by atoms with Crippen LogP contribution < -0.4 is 4.74 Å². The molecule has 2 aromatic rings. The van der Waals surface area contributed by atoms with Crippen molar-refractivity contribution in [3.63, 3.8) is 0 Å². The van der Waals surface area contributed by atoms with Gasteiger partial charge in [0.1, 0.15) is 17.4 Å². The number of nitriles is 1. The lowest BCUT2D eigenvalue weighted by Gasteiger charge is -2.37. The van der Waals surface area contributed by atoms with Crippen LogP contribution in [0.4, 0.5) is 13.2 Å². The lowest BCUT2D eigenvalue weighted by Crippen LogP contribution is -2.45. The molecule has 5 rings (SSSR count). The number of fused-ring (bicyclic) bond motifs is 3. The van der Waals surface area contributed by atoms with E-state index in [1.165, 1.54) is 0 Å². The standard InChI is InChI=1S/C29H33F3N2O3/c30-29(31,32)21-6-10-24(11-7-21)37-27-12-5-19-4-3-18(14-25(19)26(27)17-33)2-1-13-34-22-8-9-23(34)16-20(15-22)28(35)36/h3-5,12,14,20-24H,1-2,6-11,13,15-16H2,(H,35,36). The van der Waals surface area contributed by atoms with Gasteiger partial charge in [-0.15, -0.1) is 0 Å². The maximum Gasteiger partial charge on any atom is 0.391 e. The molecule has 1 aliphatic carbocycles. The Balaban J connectivity index is 1.23. The van der Waals surface area contributed by atoms with Crippen molar-refractivity contribution in [2.45, 2.75) is 88.6 Å². The Morgan fingerprint density at radius 2 is 1.73 bits per heavy atom. The van der Waals surface area contributed by atoms with Crippen LogP contribution in [0.2, 0.25) is 0 Å². The molecule has 0 amide bonds. The highest BCUT2D eigenvalue weighted by Crippen LogP contribution is 2.40. The number of benzene rings is 2. The summed E-state index contributed by atoms with van der Waals surface area (Å²) in [7, 11) is 0. The number of ether oxygens (including phenoxy) is 1. The van der Waals surface area contributed by atoms with Gasteiger partial charge in [0.2, 0.25) is 0 Å². The van der Waals surface area contributed by atoms with Gasteiger partial charge in [0.25, 0.3) is 0 Å². The van der Waals surface area contributed by atoms with Crippen molar-refractivity contribution in [1.29, 1.82) is 5.26 Å². The van der Waals surface area contributed by atoms with Crippen LogP contribution in [0, 0.1) is 23.2 Å². The van der Waals surface area contributed by atoms with Crippen LogP contribution in [-0.2, 0) is 11.2 Å². The predicted molar refractivity (Wildman–Crippen MR) is 133 cm³/mol. The molecule has 2 saturated heterocycles. The number of alkyl halides is 3. The first-order valence-electron chi connectivity index (χ1n) is 13.4. The first kappa shape index (κ1) is 25.8. The third kappa shape index (κ3) is 5.57. The fourth-order valence-corrected chi connectivity index (χ4v) is 6.71. The fourth-order valence-electron chi connectivity index (χ4n) is 6.71. The van der Waals surface area contributed by atoms with Gasteiger partial charge in [-0.05, 0) is 93.8 Å². The lowest BCUT2D eigenvalue weighted by atomic mass is 9.87. The highest BCUT2D eigenvalue weighted by molar-refractivity contribution is 5.90. The molecule has 0 spiro atoms. The number of halogens is 3. The first-order valence-corrected chi connectivity index (χ1v) is 13.4. The molecule has 1 saturated carbocycles. The third-order valence-corrected chi connectivity index (χ3v) is 8.71. The Morgan fingerprint density at radius 1 is 1.05 bits per heavy atom. The monoisotopic (exact) mass is 514 g/mol. The van der Waals surface area contributed by atoms with Crippen LogP contribution in [0.1, 0.15) is 68.9 Å². The number of aryl methyl sites for hydroxylation is 1. The Bertz CT molecular complexity index is 1170. The van der Waals surface area contributed by atoms with E-state index >= 15 is 0 Å². The zero-order valence-electron chi connectivity index (χ0n) is 20.8. The second-order valence-electron chi connectivity index (χ2n) is 11.0. The topological polar surface area (TPSA) is 73.6 Å². The van der Waals surface area contributed by atoms with Crippen LogP contribution in [-0.4, -0.2) is 46.9 Å². The van der Waals surface area contributed by atoms with Crippen molar-refractivity contribution < 1.29 is 27.8 Å². The molecule has 2 bridgehead atoms. The van der Waals surface area contributed by atoms with Crippen molar-refractivity contribution in [1.82, 2.24) is 4.90 Å². The summed E-state index contributed by atoms with van der Waals surface area (Å²) < 4.78 is 45.1. The fraction of sp³-hybridized carbons (Fsp3) is 0.586. The molecule has 0 radical (unpaired) electrons. The summed E-state index contributed by atoms with van der Waals surface area (Å²) in [5.41, 5.74) is 1.56. The van der Waals surface area contributed by atoms with Gasteiger partial charge in [0, 0.05) is 17.5 Å². The number of hydrogen-bond acceptors (Lipinski definition) is 4. The summed E-state index contributed by atoms with van der Waals surface area (Å²) in [5.74, 6) is -1.70. The summed E-state index contributed by atoms with van der Waals surface area (Å²) in [6.45, 7) is 0.939. The highest BCUT2D eigenvalue weighted by atomic mass is 19.4. The minimum Gasteiger partial charge on any atom is -0.489 e. The molecular weight excluding hydrogens is 481 g/mol. The van der Waals surface area contributed by atoms with Gasteiger partial charge < -0.3 is 9.84 Å². The SMILES string of the molecule is N#Cc1c(OC2CCC(C(F)(F)F)CC2)ccc2ccc(CCCN3C4CCC3CC(C(=O)O)C4)cc12. The van der Waals surface area contributed by atoms with E-state index in [2.05, 4.69) is 17.0 Å². The van der Waals surface area contributed by atoms with Gasteiger partial charge in [-0.3, -0.25) is 9.69 Å². The van der Waals surface area contributed by atoms with E-state index in [4.69, 9.17) is 4.74 Å². The molecule has 198 valence electrons. The van der Waals surface area contributed by atoms with Crippen molar-refractivity contribution in [2.24, 2.45) is 11.8 Å². The molecule has 5 nitrogen and oxygen atoms in total. The number of carbonyl (C=O) groups is 1. The molecule has 3 fully saturated rings. The first-order chi connectivity index (χ1) is 17.7. The Morgan fingerprint density at radius 3 is 2.35 bits per heavy atom. The molecular formula is C29H33F3N2O3. The molecule has 2 aromatic carbocycles. The average molecular weight is 515 g/mol. The van der Waals surface area contributed by atoms with Crippen LogP contribution >= 0.6 is 0 Å². The number of aliphatic carboxylic acids is 1.